The summed E-state index contributed by atoms with van der Waals surface area (Å²) >= 11 is 0. The van der Waals surface area contributed by atoms with Gasteiger partial charge >= 0.3 is 11.9 Å². The molecule has 1 saturated heterocycles. The summed E-state index contributed by atoms with van der Waals surface area (Å²) in [7, 11) is -4.60. The Labute approximate surface area is 351 Å². The Bertz CT molecular complexity index is 1210. The Hall–Kier alpha value is -2.13. The van der Waals surface area contributed by atoms with E-state index in [0.29, 0.717) is 12.8 Å². The molecule has 0 amide bonds. The third-order valence-electron chi connectivity index (χ3n) is 10.4. The molecule has 0 aromatic carbocycles. The van der Waals surface area contributed by atoms with E-state index in [1.54, 1.807) is 0 Å². The lowest BCUT2D eigenvalue weighted by atomic mass is 10.00. The summed E-state index contributed by atoms with van der Waals surface area (Å²) in [6.45, 7) is 5.25. The van der Waals surface area contributed by atoms with Gasteiger partial charge in [0.15, 0.2) is 12.4 Å². The molecule has 6 atom stereocenters. The van der Waals surface area contributed by atoms with Gasteiger partial charge in [-0.3, -0.25) is 14.1 Å². The van der Waals surface area contributed by atoms with Crippen molar-refractivity contribution in [3.05, 3.63) is 37.0 Å². The molecule has 0 aliphatic carbocycles. The van der Waals surface area contributed by atoms with Crippen LogP contribution in [-0.2, 0) is 38.7 Å². The van der Waals surface area contributed by atoms with E-state index in [1.165, 1.54) is 83.5 Å². The Morgan fingerprint density at radius 3 is 1.60 bits per heavy atom. The summed E-state index contributed by atoms with van der Waals surface area (Å²) in [6, 6.07) is 0. The van der Waals surface area contributed by atoms with Crippen molar-refractivity contribution in [1.82, 2.24) is 0 Å². The van der Waals surface area contributed by atoms with Gasteiger partial charge in [-0.15, -0.1) is 6.58 Å². The highest BCUT2D eigenvalue weighted by atomic mass is 32.2. The highest BCUT2D eigenvalue weighted by Gasteiger charge is 2.46. The molecule has 0 aromatic heterocycles. The fourth-order valence-electron chi connectivity index (χ4n) is 6.82. The average Bonchev–Trinajstić information content (AvgIpc) is 3.18. The maximum absolute atomic E-state index is 12.8. The van der Waals surface area contributed by atoms with E-state index >= 15 is 0 Å². The number of rotatable bonds is 38. The molecular formula is C45H80O12S. The number of unbranched alkanes of at least 4 members (excludes halogenated alkanes) is 22. The number of allylic oxidation sites excluding steroid dienone is 5. The summed E-state index contributed by atoms with van der Waals surface area (Å²) in [5.74, 6) is -2.00. The quantitative estimate of drug-likeness (QED) is 0.0152. The van der Waals surface area contributed by atoms with Gasteiger partial charge in [0.25, 0.3) is 10.1 Å². The Morgan fingerprint density at radius 2 is 1.10 bits per heavy atom. The fraction of sp³-hybridized carbons (Fsp3) is 0.822. The van der Waals surface area contributed by atoms with Crippen LogP contribution >= 0.6 is 0 Å². The van der Waals surface area contributed by atoms with Crippen LogP contribution in [-0.4, -0.2) is 96.0 Å². The highest BCUT2D eigenvalue weighted by Crippen LogP contribution is 2.24. The van der Waals surface area contributed by atoms with Crippen LogP contribution in [0.25, 0.3) is 0 Å². The Morgan fingerprint density at radius 1 is 0.638 bits per heavy atom. The molecule has 1 aliphatic heterocycles. The van der Waals surface area contributed by atoms with E-state index in [-0.39, 0.29) is 19.4 Å². The van der Waals surface area contributed by atoms with Gasteiger partial charge in [-0.25, -0.2) is 0 Å². The number of ether oxygens (including phenoxy) is 4. The molecule has 0 bridgehead atoms. The molecule has 1 aliphatic rings. The molecular weight excluding hydrogens is 765 g/mol. The highest BCUT2D eigenvalue weighted by molar-refractivity contribution is 7.85. The van der Waals surface area contributed by atoms with E-state index < -0.39 is 71.2 Å². The van der Waals surface area contributed by atoms with Crippen LogP contribution in [0, 0.1) is 0 Å². The molecule has 12 nitrogen and oxygen atoms in total. The molecule has 2 unspecified atom stereocenters. The molecule has 0 spiro atoms. The van der Waals surface area contributed by atoms with Crippen molar-refractivity contribution in [3.8, 4) is 0 Å². The van der Waals surface area contributed by atoms with E-state index in [2.05, 4.69) is 37.8 Å². The molecule has 1 heterocycles. The third kappa shape index (κ3) is 30.0. The molecule has 0 radical (unpaired) electrons. The van der Waals surface area contributed by atoms with E-state index in [0.717, 1.165) is 64.2 Å². The van der Waals surface area contributed by atoms with Crippen LogP contribution < -0.4 is 0 Å². The van der Waals surface area contributed by atoms with Gasteiger partial charge in [0, 0.05) is 12.8 Å². The lowest BCUT2D eigenvalue weighted by molar-refractivity contribution is -0.297. The molecule has 338 valence electrons. The second-order valence-electron chi connectivity index (χ2n) is 15.8. The number of carbonyl (C=O) groups is 2. The van der Waals surface area contributed by atoms with E-state index in [4.69, 9.17) is 18.9 Å². The zero-order chi connectivity index (χ0) is 42.7. The van der Waals surface area contributed by atoms with Crippen molar-refractivity contribution in [1.29, 1.82) is 0 Å². The number of hydrogen-bond acceptors (Lipinski definition) is 11. The first kappa shape index (κ1) is 53.9. The molecule has 0 aromatic rings. The van der Waals surface area contributed by atoms with Gasteiger partial charge in [0.2, 0.25) is 0 Å². The Kier molecular flexibility index (Phi) is 33.1. The van der Waals surface area contributed by atoms with Crippen LogP contribution in [0.4, 0.5) is 0 Å². The van der Waals surface area contributed by atoms with Crippen LogP contribution in [0.3, 0.4) is 0 Å². The number of carbonyl (C=O) groups excluding carboxylic acids is 2. The SMILES string of the molecule is C=CCCCCCCCCCCCCCCCC(=O)O[C@H](COC(=O)CCCCCCC/C=C/C=C/CCCCCC)CO[C@H]1O[C@H](CS(=O)(=O)O)[C@@H](O)C(O)C1O. The third-order valence-corrected chi connectivity index (χ3v) is 11.1. The zero-order valence-electron chi connectivity index (χ0n) is 35.7. The normalized spacial score (nSPS) is 20.5. The van der Waals surface area contributed by atoms with Crippen molar-refractivity contribution in [3.63, 3.8) is 0 Å². The van der Waals surface area contributed by atoms with Gasteiger partial charge in [0.05, 0.1) is 6.61 Å². The molecule has 1 rings (SSSR count). The minimum atomic E-state index is -4.60. The minimum absolute atomic E-state index is 0.159. The van der Waals surface area contributed by atoms with Gasteiger partial charge < -0.3 is 34.3 Å². The minimum Gasteiger partial charge on any atom is -0.462 e. The summed E-state index contributed by atoms with van der Waals surface area (Å²) in [6.07, 6.45) is 29.3. The number of aliphatic hydroxyl groups is 3. The summed E-state index contributed by atoms with van der Waals surface area (Å²) in [5, 5.41) is 30.9. The second-order valence-corrected chi connectivity index (χ2v) is 17.3. The first-order chi connectivity index (χ1) is 28.0. The molecule has 1 fully saturated rings. The topological polar surface area (TPSA) is 186 Å². The summed E-state index contributed by atoms with van der Waals surface area (Å²) < 4.78 is 54.0. The second kappa shape index (κ2) is 35.6. The van der Waals surface area contributed by atoms with Crippen molar-refractivity contribution >= 4 is 22.1 Å². The number of hydrogen-bond donors (Lipinski definition) is 4. The molecule has 4 N–H and O–H groups in total. The average molecular weight is 845 g/mol. The number of aliphatic hydroxyl groups excluding tert-OH is 3. The van der Waals surface area contributed by atoms with Crippen molar-refractivity contribution < 1.29 is 56.8 Å². The first-order valence-electron chi connectivity index (χ1n) is 22.5. The largest absolute Gasteiger partial charge is 0.462 e. The van der Waals surface area contributed by atoms with Gasteiger partial charge in [-0.2, -0.15) is 8.42 Å². The van der Waals surface area contributed by atoms with E-state index in [9.17, 15) is 37.9 Å². The monoisotopic (exact) mass is 845 g/mol. The van der Waals surface area contributed by atoms with Crippen LogP contribution in [0.5, 0.6) is 0 Å². The summed E-state index contributed by atoms with van der Waals surface area (Å²) in [5.41, 5.74) is 0. The van der Waals surface area contributed by atoms with Crippen molar-refractivity contribution in [2.75, 3.05) is 19.0 Å². The first-order valence-corrected chi connectivity index (χ1v) is 24.1. The van der Waals surface area contributed by atoms with E-state index in [1.807, 2.05) is 6.08 Å². The maximum Gasteiger partial charge on any atom is 0.306 e. The van der Waals surface area contributed by atoms with Gasteiger partial charge in [-0.05, 0) is 51.4 Å². The standard InChI is InChI=1S/C45H80O12S/c1-3-5-7-9-11-13-15-17-19-21-23-25-27-29-31-33-40(46)54-35-38(36-55-45-44(50)43(49)42(48)39(57-45)37-58(51,52)53)56-41(47)34-32-30-28-26-24-22-20-18-16-14-12-10-8-6-4-2/h4,13,15,17,19,38-39,42-45,48-50H,2-3,5-12,14,16,18,20-37H2,1H3,(H,51,52,53)/b15-13+,19-17+/t38-,39-,42-,43?,44?,45+/m1/s1. The Balaban J connectivity index is 2.45. The smallest absolute Gasteiger partial charge is 0.306 e. The fourth-order valence-corrected chi connectivity index (χ4v) is 7.51. The summed E-state index contributed by atoms with van der Waals surface area (Å²) in [4.78, 5) is 25.4. The van der Waals surface area contributed by atoms with Gasteiger partial charge in [-0.1, -0.05) is 146 Å². The van der Waals surface area contributed by atoms with Crippen LogP contribution in [0.15, 0.2) is 37.0 Å². The number of esters is 2. The van der Waals surface area contributed by atoms with Gasteiger partial charge in [0.1, 0.15) is 36.8 Å². The zero-order valence-corrected chi connectivity index (χ0v) is 36.6. The maximum atomic E-state index is 12.8. The van der Waals surface area contributed by atoms with Crippen LogP contribution in [0.1, 0.15) is 180 Å². The lowest BCUT2D eigenvalue weighted by Gasteiger charge is -2.40. The predicted molar refractivity (Wildman–Crippen MR) is 229 cm³/mol. The van der Waals surface area contributed by atoms with Crippen LogP contribution in [0.2, 0.25) is 0 Å². The predicted octanol–water partition coefficient (Wildman–Crippen LogP) is 9.00. The molecule has 13 heteroatoms. The lowest BCUT2D eigenvalue weighted by Crippen LogP contribution is -2.60. The van der Waals surface area contributed by atoms with Crippen molar-refractivity contribution in [2.45, 2.75) is 217 Å². The molecule has 58 heavy (non-hydrogen) atoms. The molecule has 0 saturated carbocycles. The van der Waals surface area contributed by atoms with Crippen molar-refractivity contribution in [2.24, 2.45) is 0 Å².